The molecule has 3 aromatic rings. The topological polar surface area (TPSA) is 70.2 Å². The van der Waals surface area contributed by atoms with Crippen molar-refractivity contribution in [1.82, 2.24) is 16.0 Å². The Labute approximate surface area is 176 Å². The van der Waals surface area contributed by atoms with Gasteiger partial charge in [-0.1, -0.05) is 60.7 Å². The van der Waals surface area contributed by atoms with Crippen LogP contribution in [0.15, 0.2) is 66.7 Å². The number of rotatable bonds is 7. The van der Waals surface area contributed by atoms with Crippen LogP contribution in [0.4, 0.5) is 0 Å². The molecule has 1 saturated heterocycles. The molecule has 30 heavy (non-hydrogen) atoms. The van der Waals surface area contributed by atoms with Gasteiger partial charge in [0.05, 0.1) is 12.1 Å². The molecule has 0 spiro atoms. The average molecular weight is 402 g/mol. The molecule has 3 aromatic carbocycles. The summed E-state index contributed by atoms with van der Waals surface area (Å²) in [6.07, 6.45) is 0.915. The lowest BCUT2D eigenvalue weighted by Crippen LogP contribution is -2.56. The number of fused-ring (bicyclic) bond motifs is 1. The van der Waals surface area contributed by atoms with E-state index in [-0.39, 0.29) is 23.9 Å². The minimum atomic E-state index is -0.133. The number of amides is 2. The Morgan fingerprint density at radius 1 is 1.00 bits per heavy atom. The fourth-order valence-corrected chi connectivity index (χ4v) is 3.88. The Balaban J connectivity index is 1.44. The molecular formula is C25H27N3O2. The molecular weight excluding hydrogens is 374 g/mol. The number of carbonyl (C=O) groups is 2. The van der Waals surface area contributed by atoms with Crippen molar-refractivity contribution < 1.29 is 9.59 Å². The maximum absolute atomic E-state index is 13.0. The van der Waals surface area contributed by atoms with Crippen LogP contribution >= 0.6 is 0 Å². The Kier molecular flexibility index (Phi) is 6.10. The van der Waals surface area contributed by atoms with Crippen molar-refractivity contribution in [1.29, 1.82) is 0 Å². The average Bonchev–Trinajstić information content (AvgIpc) is 2.74. The zero-order valence-corrected chi connectivity index (χ0v) is 17.2. The maximum atomic E-state index is 13.0. The van der Waals surface area contributed by atoms with E-state index >= 15 is 0 Å². The van der Waals surface area contributed by atoms with Crippen LogP contribution in [0.2, 0.25) is 0 Å². The lowest BCUT2D eigenvalue weighted by atomic mass is 9.98. The summed E-state index contributed by atoms with van der Waals surface area (Å²) in [7, 11) is 0. The summed E-state index contributed by atoms with van der Waals surface area (Å²) >= 11 is 0. The molecule has 0 radical (unpaired) electrons. The Hall–Kier alpha value is -3.18. The Bertz CT molecular complexity index is 1050. The highest BCUT2D eigenvalue weighted by atomic mass is 16.2. The predicted octanol–water partition coefficient (Wildman–Crippen LogP) is 3.35. The van der Waals surface area contributed by atoms with Gasteiger partial charge >= 0.3 is 0 Å². The van der Waals surface area contributed by atoms with Gasteiger partial charge < -0.3 is 16.0 Å². The van der Waals surface area contributed by atoms with Gasteiger partial charge in [0.2, 0.25) is 5.91 Å². The van der Waals surface area contributed by atoms with Gasteiger partial charge in [0.1, 0.15) is 0 Å². The fraction of sp³-hybridized carbons (Fsp3) is 0.280. The highest BCUT2D eigenvalue weighted by molar-refractivity contribution is 5.96. The highest BCUT2D eigenvalue weighted by Crippen LogP contribution is 2.24. The first-order valence-electron chi connectivity index (χ1n) is 10.5. The highest BCUT2D eigenvalue weighted by Gasteiger charge is 2.20. The molecule has 5 nitrogen and oxygen atoms in total. The van der Waals surface area contributed by atoms with E-state index in [0.29, 0.717) is 18.4 Å². The van der Waals surface area contributed by atoms with E-state index in [9.17, 15) is 9.59 Å². The molecule has 154 valence electrons. The van der Waals surface area contributed by atoms with Crippen molar-refractivity contribution in [2.75, 3.05) is 13.1 Å². The second-order valence-corrected chi connectivity index (χ2v) is 7.84. The number of nitrogens with one attached hydrogen (secondary N) is 3. The van der Waals surface area contributed by atoms with Gasteiger partial charge in [-0.3, -0.25) is 9.59 Å². The van der Waals surface area contributed by atoms with Crippen LogP contribution in [0, 0.1) is 0 Å². The summed E-state index contributed by atoms with van der Waals surface area (Å²) in [5.74, 6) is -0.0875. The van der Waals surface area contributed by atoms with Gasteiger partial charge in [-0.2, -0.15) is 0 Å². The van der Waals surface area contributed by atoms with Gasteiger partial charge in [0.15, 0.2) is 0 Å². The SMILES string of the molecule is CC(NC(=O)c1ccccc1CCC(=O)NC1CNC1)c1cccc2ccccc12. The molecule has 1 aliphatic rings. The number of hydrogen-bond donors (Lipinski definition) is 3. The minimum absolute atomic E-state index is 0.0286. The normalized spacial score (nSPS) is 14.7. The Morgan fingerprint density at radius 3 is 2.53 bits per heavy atom. The number of benzene rings is 3. The van der Waals surface area contributed by atoms with Gasteiger partial charge in [-0.05, 0) is 41.3 Å². The second kappa shape index (κ2) is 9.09. The predicted molar refractivity (Wildman–Crippen MR) is 119 cm³/mol. The van der Waals surface area contributed by atoms with Crippen molar-refractivity contribution in [3.63, 3.8) is 0 Å². The molecule has 0 bridgehead atoms. The molecule has 2 amide bonds. The number of hydrogen-bond acceptors (Lipinski definition) is 3. The summed E-state index contributed by atoms with van der Waals surface area (Å²) in [5, 5.41) is 11.6. The smallest absolute Gasteiger partial charge is 0.252 e. The van der Waals surface area contributed by atoms with Crippen molar-refractivity contribution in [3.05, 3.63) is 83.4 Å². The van der Waals surface area contributed by atoms with Crippen LogP contribution in [0.25, 0.3) is 10.8 Å². The van der Waals surface area contributed by atoms with Gasteiger partial charge in [-0.25, -0.2) is 0 Å². The third-order valence-electron chi connectivity index (χ3n) is 5.67. The summed E-state index contributed by atoms with van der Waals surface area (Å²) in [6.45, 7) is 3.66. The summed E-state index contributed by atoms with van der Waals surface area (Å²) in [5.41, 5.74) is 2.61. The number of carbonyl (C=O) groups excluding carboxylic acids is 2. The Morgan fingerprint density at radius 2 is 1.73 bits per heavy atom. The van der Waals surface area contributed by atoms with Crippen molar-refractivity contribution in [3.8, 4) is 0 Å². The molecule has 4 rings (SSSR count). The van der Waals surface area contributed by atoms with E-state index in [1.54, 1.807) is 0 Å². The molecule has 3 N–H and O–H groups in total. The van der Waals surface area contributed by atoms with Crippen molar-refractivity contribution in [2.45, 2.75) is 31.8 Å². The van der Waals surface area contributed by atoms with Crippen molar-refractivity contribution >= 4 is 22.6 Å². The molecule has 1 heterocycles. The lowest BCUT2D eigenvalue weighted by Gasteiger charge is -2.28. The summed E-state index contributed by atoms with van der Waals surface area (Å²) in [6, 6.07) is 22.0. The van der Waals surface area contributed by atoms with E-state index in [2.05, 4.69) is 40.2 Å². The quantitative estimate of drug-likeness (QED) is 0.569. The van der Waals surface area contributed by atoms with E-state index in [1.165, 1.54) is 0 Å². The summed E-state index contributed by atoms with van der Waals surface area (Å²) in [4.78, 5) is 25.2. The molecule has 0 aromatic heterocycles. The van der Waals surface area contributed by atoms with Crippen LogP contribution in [0.3, 0.4) is 0 Å². The third kappa shape index (κ3) is 4.52. The van der Waals surface area contributed by atoms with Crippen LogP contribution in [0.1, 0.15) is 40.9 Å². The molecule has 0 aliphatic carbocycles. The van der Waals surface area contributed by atoms with Gasteiger partial charge in [0, 0.05) is 25.1 Å². The molecule has 5 heteroatoms. The molecule has 1 atom stereocenters. The third-order valence-corrected chi connectivity index (χ3v) is 5.67. The first kappa shape index (κ1) is 20.1. The zero-order valence-electron chi connectivity index (χ0n) is 17.2. The maximum Gasteiger partial charge on any atom is 0.252 e. The van der Waals surface area contributed by atoms with E-state index in [1.807, 2.05) is 49.4 Å². The fourth-order valence-electron chi connectivity index (χ4n) is 3.88. The van der Waals surface area contributed by atoms with Gasteiger partial charge in [-0.15, -0.1) is 0 Å². The van der Waals surface area contributed by atoms with Gasteiger partial charge in [0.25, 0.3) is 5.91 Å². The zero-order chi connectivity index (χ0) is 20.9. The minimum Gasteiger partial charge on any atom is -0.351 e. The first-order valence-corrected chi connectivity index (χ1v) is 10.5. The number of aryl methyl sites for hydroxylation is 1. The standard InChI is InChI=1S/C25H27N3O2/c1-17(21-12-6-9-18-7-2-4-10-22(18)21)27-25(30)23-11-5-3-8-19(23)13-14-24(29)28-20-15-26-16-20/h2-12,17,20,26H,13-16H2,1H3,(H,27,30)(H,28,29). The monoisotopic (exact) mass is 401 g/mol. The molecule has 1 unspecified atom stereocenters. The first-order chi connectivity index (χ1) is 14.6. The van der Waals surface area contributed by atoms with Crippen LogP contribution < -0.4 is 16.0 Å². The summed E-state index contributed by atoms with van der Waals surface area (Å²) < 4.78 is 0. The van der Waals surface area contributed by atoms with E-state index < -0.39 is 0 Å². The lowest BCUT2D eigenvalue weighted by molar-refractivity contribution is -0.122. The van der Waals surface area contributed by atoms with Crippen molar-refractivity contribution in [2.24, 2.45) is 0 Å². The molecule has 1 fully saturated rings. The second-order valence-electron chi connectivity index (χ2n) is 7.84. The van der Waals surface area contributed by atoms with E-state index in [0.717, 1.165) is 35.0 Å². The van der Waals surface area contributed by atoms with Crippen LogP contribution in [-0.2, 0) is 11.2 Å². The van der Waals surface area contributed by atoms with Crippen LogP contribution in [0.5, 0.6) is 0 Å². The van der Waals surface area contributed by atoms with E-state index in [4.69, 9.17) is 0 Å². The molecule has 1 aliphatic heterocycles. The molecule has 0 saturated carbocycles. The van der Waals surface area contributed by atoms with Crippen LogP contribution in [-0.4, -0.2) is 30.9 Å². The largest absolute Gasteiger partial charge is 0.351 e.